The van der Waals surface area contributed by atoms with Gasteiger partial charge in [-0.3, -0.25) is 13.9 Å². The molecule has 7 heteroatoms. The van der Waals surface area contributed by atoms with Gasteiger partial charge in [0, 0.05) is 19.5 Å². The summed E-state index contributed by atoms with van der Waals surface area (Å²) in [7, 11) is 1.74. The van der Waals surface area contributed by atoms with Gasteiger partial charge in [-0.25, -0.2) is 19.2 Å². The number of nitrogens with zero attached hydrogens (tertiary/aromatic N) is 4. The Morgan fingerprint density at radius 3 is 2.59 bits per heavy atom. The van der Waals surface area contributed by atoms with Gasteiger partial charge < -0.3 is 0 Å². The van der Waals surface area contributed by atoms with Crippen molar-refractivity contribution in [2.75, 3.05) is 11.4 Å². The molecule has 1 atom stereocenters. The number of benzene rings is 1. The second-order valence-electron chi connectivity index (χ2n) is 8.31. The second-order valence-corrected chi connectivity index (χ2v) is 8.31. The van der Waals surface area contributed by atoms with E-state index >= 15 is 0 Å². The first-order valence-corrected chi connectivity index (χ1v) is 10.5. The predicted molar refractivity (Wildman–Crippen MR) is 115 cm³/mol. The smallest absolute Gasteiger partial charge is 0.267 e. The number of anilines is 2. The maximum atomic E-state index is 13.3. The van der Waals surface area contributed by atoms with Crippen LogP contribution in [0.5, 0.6) is 0 Å². The monoisotopic (exact) mass is 396 g/mol. The van der Waals surface area contributed by atoms with Gasteiger partial charge in [-0.05, 0) is 25.5 Å². The van der Waals surface area contributed by atoms with Crippen molar-refractivity contribution in [2.24, 2.45) is 13.0 Å². The lowest BCUT2D eigenvalue weighted by molar-refractivity contribution is -0.669. The van der Waals surface area contributed by atoms with Gasteiger partial charge in [0.25, 0.3) is 5.56 Å². The summed E-state index contributed by atoms with van der Waals surface area (Å²) in [6.07, 6.45) is 2.89. The van der Waals surface area contributed by atoms with Gasteiger partial charge in [0.2, 0.25) is 11.2 Å². The molecular formula is C22H30N5O2+. The number of nitrogens with one attached hydrogen (secondary N) is 1. The van der Waals surface area contributed by atoms with E-state index in [9.17, 15) is 9.59 Å². The van der Waals surface area contributed by atoms with E-state index in [1.54, 1.807) is 11.6 Å². The van der Waals surface area contributed by atoms with E-state index < -0.39 is 0 Å². The van der Waals surface area contributed by atoms with Crippen LogP contribution in [0.2, 0.25) is 0 Å². The van der Waals surface area contributed by atoms with Crippen LogP contribution in [0.3, 0.4) is 0 Å². The average Bonchev–Trinajstić information content (AvgIpc) is 3.08. The summed E-state index contributed by atoms with van der Waals surface area (Å²) in [5, 5.41) is 0. The zero-order chi connectivity index (χ0) is 20.7. The maximum Gasteiger partial charge on any atom is 0.364 e. The number of imidazole rings is 1. The number of hydrogen-bond acceptors (Lipinski definition) is 3. The highest BCUT2D eigenvalue weighted by Crippen LogP contribution is 2.28. The quantitative estimate of drug-likeness (QED) is 0.533. The fraction of sp³-hybridized carbons (Fsp3) is 0.500. The highest BCUT2D eigenvalue weighted by Gasteiger charge is 2.35. The van der Waals surface area contributed by atoms with Crippen molar-refractivity contribution in [3.05, 3.63) is 50.7 Å². The first-order valence-electron chi connectivity index (χ1n) is 10.5. The Morgan fingerprint density at radius 1 is 1.17 bits per heavy atom. The highest BCUT2D eigenvalue weighted by molar-refractivity contribution is 5.70. The molecule has 29 heavy (non-hydrogen) atoms. The van der Waals surface area contributed by atoms with Crippen LogP contribution >= 0.6 is 0 Å². The number of fused-ring (bicyclic) bond motifs is 3. The van der Waals surface area contributed by atoms with Gasteiger partial charge in [-0.15, -0.1) is 0 Å². The Balaban J connectivity index is 1.91. The van der Waals surface area contributed by atoms with Crippen LogP contribution < -0.4 is 20.7 Å². The number of rotatable bonds is 5. The Kier molecular flexibility index (Phi) is 5.06. The van der Waals surface area contributed by atoms with Crippen molar-refractivity contribution in [3.63, 3.8) is 0 Å². The Labute approximate surface area is 170 Å². The molecular weight excluding hydrogens is 366 g/mol. The first kappa shape index (κ1) is 19.5. The molecule has 154 valence electrons. The zero-order valence-corrected chi connectivity index (χ0v) is 17.7. The molecule has 1 N–H and O–H groups in total. The van der Waals surface area contributed by atoms with Crippen LogP contribution in [0.4, 0.5) is 11.6 Å². The number of aromatic amines is 1. The molecule has 0 unspecified atom stereocenters. The third-order valence-electron chi connectivity index (χ3n) is 5.86. The minimum absolute atomic E-state index is 0.195. The summed E-state index contributed by atoms with van der Waals surface area (Å²) in [5.74, 6) is 1.23. The summed E-state index contributed by atoms with van der Waals surface area (Å²) >= 11 is 0. The van der Waals surface area contributed by atoms with Gasteiger partial charge >= 0.3 is 11.6 Å². The Morgan fingerprint density at radius 2 is 1.90 bits per heavy atom. The minimum Gasteiger partial charge on any atom is -0.267 e. The number of aromatic nitrogens is 4. The Bertz CT molecular complexity index is 1150. The molecule has 1 aliphatic rings. The minimum atomic E-state index is -0.257. The summed E-state index contributed by atoms with van der Waals surface area (Å²) in [4.78, 5) is 31.8. The number of hydrogen-bond donors (Lipinski definition) is 1. The van der Waals surface area contributed by atoms with Crippen molar-refractivity contribution < 1.29 is 4.57 Å². The standard InChI is InChI=1S/C22H29N5O2/c1-5-6-7-12-25-20(28)18-19(24(4)22(25)29)23-21-26(13-16(3)14-27(18)21)17-10-8-15(2)9-11-17/h8-11,16H,5-7,12-14H2,1-4H3/p+1/t16-/m0/s1. The van der Waals surface area contributed by atoms with Crippen LogP contribution in [0.1, 0.15) is 38.7 Å². The number of aryl methyl sites for hydroxylation is 2. The van der Waals surface area contributed by atoms with Crippen LogP contribution in [0, 0.1) is 12.8 Å². The van der Waals surface area contributed by atoms with E-state index in [4.69, 9.17) is 0 Å². The van der Waals surface area contributed by atoms with Crippen molar-refractivity contribution in [3.8, 4) is 0 Å². The molecule has 7 nitrogen and oxygen atoms in total. The maximum absolute atomic E-state index is 13.3. The highest BCUT2D eigenvalue weighted by atomic mass is 16.2. The van der Waals surface area contributed by atoms with Crippen molar-refractivity contribution >= 4 is 22.8 Å². The van der Waals surface area contributed by atoms with Crippen LogP contribution in [0.15, 0.2) is 33.9 Å². The average molecular weight is 397 g/mol. The lowest BCUT2D eigenvalue weighted by Crippen LogP contribution is -2.52. The van der Waals surface area contributed by atoms with E-state index in [-0.39, 0.29) is 11.2 Å². The number of H-pyrrole nitrogens is 1. The third-order valence-corrected chi connectivity index (χ3v) is 5.86. The van der Waals surface area contributed by atoms with Gasteiger partial charge in [0.15, 0.2) is 0 Å². The van der Waals surface area contributed by atoms with Crippen molar-refractivity contribution in [1.82, 2.24) is 14.1 Å². The summed E-state index contributed by atoms with van der Waals surface area (Å²) in [6.45, 7) is 8.45. The molecule has 0 fully saturated rings. The molecule has 0 aliphatic carbocycles. The Hall–Kier alpha value is -2.83. The molecule has 0 saturated carbocycles. The number of unbranched alkanes of at least 4 members (excludes halogenated alkanes) is 2. The predicted octanol–water partition coefficient (Wildman–Crippen LogP) is 2.60. The van der Waals surface area contributed by atoms with E-state index in [1.165, 1.54) is 10.1 Å². The zero-order valence-electron chi connectivity index (χ0n) is 17.7. The van der Waals surface area contributed by atoms with Crippen molar-refractivity contribution in [2.45, 2.75) is 53.1 Å². The molecule has 0 spiro atoms. The molecule has 3 aromatic rings. The SMILES string of the molecule is CCCCCn1c(=O)c2c([nH]c3[n+]2C[C@@H](C)CN3c2ccc(C)cc2)n(C)c1=O. The molecule has 4 rings (SSSR count). The van der Waals surface area contributed by atoms with E-state index in [1.807, 2.05) is 0 Å². The molecule has 0 bridgehead atoms. The normalized spacial score (nSPS) is 16.4. The summed E-state index contributed by atoms with van der Waals surface area (Å²) in [6, 6.07) is 8.40. The summed E-state index contributed by atoms with van der Waals surface area (Å²) < 4.78 is 5.03. The van der Waals surface area contributed by atoms with Crippen LogP contribution in [0.25, 0.3) is 11.2 Å². The first-order chi connectivity index (χ1) is 13.9. The molecule has 1 aliphatic heterocycles. The van der Waals surface area contributed by atoms with Gasteiger partial charge in [0.1, 0.15) is 5.69 Å². The van der Waals surface area contributed by atoms with Crippen molar-refractivity contribution in [1.29, 1.82) is 0 Å². The van der Waals surface area contributed by atoms with Crippen LogP contribution in [-0.2, 0) is 20.1 Å². The lowest BCUT2D eigenvalue weighted by atomic mass is 10.1. The molecule has 0 saturated heterocycles. The third kappa shape index (κ3) is 3.28. The lowest BCUT2D eigenvalue weighted by Gasteiger charge is -2.26. The summed E-state index contributed by atoms with van der Waals surface area (Å²) in [5.41, 5.74) is 3.01. The van der Waals surface area contributed by atoms with E-state index in [2.05, 4.69) is 59.5 Å². The fourth-order valence-corrected chi connectivity index (χ4v) is 4.25. The van der Waals surface area contributed by atoms with Gasteiger partial charge in [0.05, 0.1) is 13.1 Å². The molecule has 0 amide bonds. The fourth-order valence-electron chi connectivity index (χ4n) is 4.25. The molecule has 3 heterocycles. The van der Waals surface area contributed by atoms with Gasteiger partial charge in [-0.2, -0.15) is 0 Å². The molecule has 0 radical (unpaired) electrons. The second kappa shape index (κ2) is 7.54. The molecule has 2 aromatic heterocycles. The topological polar surface area (TPSA) is 66.9 Å². The molecule has 1 aromatic carbocycles. The van der Waals surface area contributed by atoms with E-state index in [0.29, 0.717) is 23.6 Å². The van der Waals surface area contributed by atoms with E-state index in [0.717, 1.165) is 44.0 Å². The van der Waals surface area contributed by atoms with Gasteiger partial charge in [-0.1, -0.05) is 44.4 Å². The largest absolute Gasteiger partial charge is 0.364 e. The van der Waals surface area contributed by atoms with Crippen LogP contribution in [-0.4, -0.2) is 20.7 Å².